The van der Waals surface area contributed by atoms with Crippen molar-refractivity contribution in [2.45, 2.75) is 6.61 Å². The average Bonchev–Trinajstić information content (AvgIpc) is 2.83. The largest absolute Gasteiger partial charge is 0.493 e. The third kappa shape index (κ3) is 6.38. The minimum atomic E-state index is -1.000. The number of nitriles is 1. The van der Waals surface area contributed by atoms with Gasteiger partial charge < -0.3 is 19.9 Å². The Labute approximate surface area is 209 Å². The lowest BCUT2D eigenvalue weighted by atomic mass is 10.1. The number of amides is 1. The number of hydrogen-bond acceptors (Lipinski definition) is 5. The zero-order valence-electron chi connectivity index (χ0n) is 17.8. The maximum absolute atomic E-state index is 12.5. The smallest absolute Gasteiger partial charge is 0.335 e. The first-order valence-corrected chi connectivity index (χ1v) is 11.0. The molecule has 0 spiro atoms. The highest BCUT2D eigenvalue weighted by atomic mass is 79.9. The molecule has 9 heteroatoms. The van der Waals surface area contributed by atoms with Crippen LogP contribution in [0.15, 0.2) is 70.7 Å². The van der Waals surface area contributed by atoms with E-state index in [0.29, 0.717) is 32.2 Å². The van der Waals surface area contributed by atoms with Crippen LogP contribution in [0.5, 0.6) is 11.5 Å². The molecule has 0 atom stereocenters. The molecule has 0 fully saturated rings. The first-order valence-electron chi connectivity index (χ1n) is 9.82. The molecule has 0 aliphatic heterocycles. The van der Waals surface area contributed by atoms with Crippen LogP contribution in [0.25, 0.3) is 6.08 Å². The summed E-state index contributed by atoms with van der Waals surface area (Å²) >= 11 is 9.30. The van der Waals surface area contributed by atoms with Crippen molar-refractivity contribution in [3.8, 4) is 17.6 Å². The van der Waals surface area contributed by atoms with Gasteiger partial charge in [-0.1, -0.05) is 39.7 Å². The summed E-state index contributed by atoms with van der Waals surface area (Å²) < 4.78 is 11.8. The van der Waals surface area contributed by atoms with E-state index in [0.717, 1.165) is 5.56 Å². The second-order valence-electron chi connectivity index (χ2n) is 6.95. The van der Waals surface area contributed by atoms with Crippen molar-refractivity contribution in [2.75, 3.05) is 12.4 Å². The number of ether oxygens (including phenoxy) is 2. The Morgan fingerprint density at radius 1 is 1.12 bits per heavy atom. The number of halogens is 2. The number of aromatic carboxylic acids is 1. The van der Waals surface area contributed by atoms with Gasteiger partial charge in [0.05, 0.1) is 12.7 Å². The fourth-order valence-electron chi connectivity index (χ4n) is 2.87. The van der Waals surface area contributed by atoms with Crippen LogP contribution in [0.4, 0.5) is 5.69 Å². The van der Waals surface area contributed by atoms with Crippen LogP contribution in [-0.4, -0.2) is 24.1 Å². The molecule has 2 N–H and O–H groups in total. The third-order valence-electron chi connectivity index (χ3n) is 4.65. The lowest BCUT2D eigenvalue weighted by Crippen LogP contribution is -2.13. The molecule has 0 aliphatic carbocycles. The topological polar surface area (TPSA) is 109 Å². The molecule has 0 bridgehead atoms. The number of hydrogen-bond donors (Lipinski definition) is 2. The number of carboxylic acid groups (broad SMARTS) is 1. The third-order valence-corrected chi connectivity index (χ3v) is 5.58. The van der Waals surface area contributed by atoms with E-state index in [9.17, 15) is 14.9 Å². The van der Waals surface area contributed by atoms with E-state index in [2.05, 4.69) is 21.2 Å². The van der Waals surface area contributed by atoms with Crippen LogP contribution >= 0.6 is 27.5 Å². The molecular weight excluding hydrogens is 524 g/mol. The molecule has 0 saturated carbocycles. The Morgan fingerprint density at radius 3 is 2.38 bits per heavy atom. The van der Waals surface area contributed by atoms with Crippen LogP contribution in [0, 0.1) is 11.3 Å². The Balaban J connectivity index is 1.78. The average molecular weight is 542 g/mol. The molecule has 172 valence electrons. The predicted octanol–water partition coefficient (Wildman–Crippen LogP) is 5.93. The molecule has 0 radical (unpaired) electrons. The van der Waals surface area contributed by atoms with Crippen LogP contribution in [-0.2, 0) is 11.4 Å². The highest BCUT2D eigenvalue weighted by Crippen LogP contribution is 2.35. The highest BCUT2D eigenvalue weighted by molar-refractivity contribution is 9.10. The van der Waals surface area contributed by atoms with Crippen LogP contribution in [0.3, 0.4) is 0 Å². The molecule has 0 unspecified atom stereocenters. The fourth-order valence-corrected chi connectivity index (χ4v) is 3.44. The highest BCUT2D eigenvalue weighted by Gasteiger charge is 2.14. The van der Waals surface area contributed by atoms with Gasteiger partial charge in [0.15, 0.2) is 11.5 Å². The van der Waals surface area contributed by atoms with E-state index in [1.807, 2.05) is 6.07 Å². The molecule has 3 aromatic rings. The lowest BCUT2D eigenvalue weighted by Gasteiger charge is -2.13. The van der Waals surface area contributed by atoms with Gasteiger partial charge in [0.25, 0.3) is 5.91 Å². The first-order chi connectivity index (χ1) is 16.3. The number of carbonyl (C=O) groups is 2. The van der Waals surface area contributed by atoms with E-state index in [1.165, 1.54) is 25.3 Å². The van der Waals surface area contributed by atoms with E-state index in [4.69, 9.17) is 26.2 Å². The molecule has 1 amide bonds. The SMILES string of the molecule is COc1cc(/C=C(\C#N)C(=O)Nc2ccc(Cl)cc2)c(Br)cc1OCc1ccc(C(=O)O)cc1. The Morgan fingerprint density at radius 2 is 1.79 bits per heavy atom. The van der Waals surface area contributed by atoms with E-state index in [-0.39, 0.29) is 17.7 Å². The normalized spacial score (nSPS) is 10.8. The molecule has 34 heavy (non-hydrogen) atoms. The quantitative estimate of drug-likeness (QED) is 0.270. The van der Waals surface area contributed by atoms with Gasteiger partial charge in [-0.3, -0.25) is 4.79 Å². The van der Waals surface area contributed by atoms with E-state index < -0.39 is 11.9 Å². The molecule has 0 saturated heterocycles. The molecule has 0 heterocycles. The lowest BCUT2D eigenvalue weighted by molar-refractivity contribution is -0.112. The van der Waals surface area contributed by atoms with Gasteiger partial charge in [-0.15, -0.1) is 0 Å². The second kappa shape index (κ2) is 11.4. The Hall–Kier alpha value is -3.80. The number of benzene rings is 3. The number of carboxylic acids is 1. The summed E-state index contributed by atoms with van der Waals surface area (Å²) in [6, 6.07) is 18.1. The van der Waals surface area contributed by atoms with Gasteiger partial charge in [0, 0.05) is 15.2 Å². The summed E-state index contributed by atoms with van der Waals surface area (Å²) in [6.07, 6.45) is 1.44. The zero-order valence-corrected chi connectivity index (χ0v) is 20.2. The summed E-state index contributed by atoms with van der Waals surface area (Å²) in [5.74, 6) is -0.744. The summed E-state index contributed by atoms with van der Waals surface area (Å²) in [7, 11) is 1.48. The predicted molar refractivity (Wildman–Crippen MR) is 132 cm³/mol. The van der Waals surface area contributed by atoms with Gasteiger partial charge in [-0.25, -0.2) is 4.79 Å². The van der Waals surface area contributed by atoms with Gasteiger partial charge in [0.1, 0.15) is 18.2 Å². The monoisotopic (exact) mass is 540 g/mol. The molecular formula is C25H18BrClN2O5. The molecule has 3 rings (SSSR count). The van der Waals surface area contributed by atoms with Crippen LogP contribution in [0.2, 0.25) is 5.02 Å². The number of nitrogens with zero attached hydrogens (tertiary/aromatic N) is 1. The Kier molecular flexibility index (Phi) is 8.30. The van der Waals surface area contributed by atoms with Gasteiger partial charge in [-0.05, 0) is 65.7 Å². The zero-order chi connectivity index (χ0) is 24.7. The number of methoxy groups -OCH3 is 1. The van der Waals surface area contributed by atoms with Crippen molar-refractivity contribution in [3.05, 3.63) is 92.4 Å². The number of carbonyl (C=O) groups excluding carboxylic acids is 1. The first kappa shape index (κ1) is 24.8. The standard InChI is InChI=1S/C25H18BrClN2O5/c1-33-22-11-17(10-18(13-28)24(30)29-20-8-6-19(27)7-9-20)21(26)12-23(22)34-14-15-2-4-16(5-3-15)25(31)32/h2-12H,14H2,1H3,(H,29,30)(H,31,32)/b18-10+. The summed E-state index contributed by atoms with van der Waals surface area (Å²) in [4.78, 5) is 23.5. The van der Waals surface area contributed by atoms with Crippen molar-refractivity contribution in [3.63, 3.8) is 0 Å². The molecule has 3 aromatic carbocycles. The van der Waals surface area contributed by atoms with Crippen molar-refractivity contribution in [1.29, 1.82) is 5.26 Å². The summed E-state index contributed by atoms with van der Waals surface area (Å²) in [6.45, 7) is 0.185. The van der Waals surface area contributed by atoms with Gasteiger partial charge >= 0.3 is 5.97 Å². The number of anilines is 1. The molecule has 0 aliphatic rings. The van der Waals surface area contributed by atoms with E-state index >= 15 is 0 Å². The number of rotatable bonds is 8. The molecule has 0 aromatic heterocycles. The fraction of sp³-hybridized carbons (Fsp3) is 0.0800. The van der Waals surface area contributed by atoms with Crippen LogP contribution in [0.1, 0.15) is 21.5 Å². The second-order valence-corrected chi connectivity index (χ2v) is 8.24. The van der Waals surface area contributed by atoms with Crippen molar-refractivity contribution < 1.29 is 24.2 Å². The van der Waals surface area contributed by atoms with Crippen LogP contribution < -0.4 is 14.8 Å². The minimum Gasteiger partial charge on any atom is -0.493 e. The maximum Gasteiger partial charge on any atom is 0.335 e. The number of nitrogens with one attached hydrogen (secondary N) is 1. The van der Waals surface area contributed by atoms with E-state index in [1.54, 1.807) is 48.5 Å². The maximum atomic E-state index is 12.5. The summed E-state index contributed by atoms with van der Waals surface area (Å²) in [5.41, 5.74) is 1.90. The molecule has 7 nitrogen and oxygen atoms in total. The van der Waals surface area contributed by atoms with Gasteiger partial charge in [0.2, 0.25) is 0 Å². The van der Waals surface area contributed by atoms with Crippen molar-refractivity contribution >= 4 is 51.2 Å². The Bertz CT molecular complexity index is 1280. The van der Waals surface area contributed by atoms with Gasteiger partial charge in [-0.2, -0.15) is 5.26 Å². The summed E-state index contributed by atoms with van der Waals surface area (Å²) in [5, 5.41) is 21.7. The minimum absolute atomic E-state index is 0.107. The van der Waals surface area contributed by atoms with Crippen molar-refractivity contribution in [1.82, 2.24) is 0 Å². The van der Waals surface area contributed by atoms with Crippen molar-refractivity contribution in [2.24, 2.45) is 0 Å².